The Balaban J connectivity index is 2.79. The Kier molecular flexibility index (Phi) is 1.34. The van der Waals surface area contributed by atoms with Gasteiger partial charge in [0.15, 0.2) is 0 Å². The molecule has 1 aliphatic heterocycles. The quantitative estimate of drug-likeness (QED) is 0.462. The van der Waals surface area contributed by atoms with Crippen LogP contribution >= 0.6 is 0 Å². The smallest absolute Gasteiger partial charge is 0.253 e. The summed E-state index contributed by atoms with van der Waals surface area (Å²) in [6.45, 7) is 1.68. The van der Waals surface area contributed by atoms with Gasteiger partial charge in [-0.25, -0.2) is 0 Å². The normalized spacial score (nSPS) is 19.0. The zero-order chi connectivity index (χ0) is 6.85. The van der Waals surface area contributed by atoms with Gasteiger partial charge in [0.2, 0.25) is 5.91 Å². The molecule has 1 rings (SSSR count). The van der Waals surface area contributed by atoms with E-state index in [-0.39, 0.29) is 11.8 Å². The minimum Gasteiger partial charge on any atom is -0.292 e. The molecule has 3 heteroatoms. The summed E-state index contributed by atoms with van der Waals surface area (Å²) in [5.41, 5.74) is 0.620. The molecule has 0 saturated heterocycles. The highest BCUT2D eigenvalue weighted by Gasteiger charge is 2.13. The Morgan fingerprint density at radius 2 is 2.22 bits per heavy atom. The number of amides is 2. The molecule has 0 bridgehead atoms. The van der Waals surface area contributed by atoms with Crippen LogP contribution in [-0.2, 0) is 9.59 Å². The lowest BCUT2D eigenvalue weighted by Crippen LogP contribution is -2.33. The van der Waals surface area contributed by atoms with Gasteiger partial charge in [-0.05, 0) is 6.92 Å². The Hall–Kier alpha value is -1.12. The van der Waals surface area contributed by atoms with E-state index in [1.54, 1.807) is 13.0 Å². The van der Waals surface area contributed by atoms with E-state index in [4.69, 9.17) is 0 Å². The third kappa shape index (κ3) is 1.16. The summed E-state index contributed by atoms with van der Waals surface area (Å²) in [5.74, 6) is -0.489. The van der Waals surface area contributed by atoms with Crippen LogP contribution in [0.15, 0.2) is 11.6 Å². The molecule has 0 radical (unpaired) electrons. The van der Waals surface area contributed by atoms with Crippen LogP contribution in [0.5, 0.6) is 0 Å². The van der Waals surface area contributed by atoms with Crippen molar-refractivity contribution < 1.29 is 9.59 Å². The Morgan fingerprint density at radius 3 is 2.67 bits per heavy atom. The highest BCUT2D eigenvalue weighted by atomic mass is 16.2. The molecule has 0 atom stereocenters. The number of hydrogen-bond acceptors (Lipinski definition) is 2. The van der Waals surface area contributed by atoms with Crippen molar-refractivity contribution in [1.82, 2.24) is 5.32 Å². The monoisotopic (exact) mass is 125 g/mol. The molecule has 3 nitrogen and oxygen atoms in total. The molecule has 0 aromatic carbocycles. The van der Waals surface area contributed by atoms with Gasteiger partial charge in [-0.2, -0.15) is 0 Å². The number of rotatable bonds is 0. The summed E-state index contributed by atoms with van der Waals surface area (Å²) < 4.78 is 0. The molecule has 1 N–H and O–H groups in total. The highest BCUT2D eigenvalue weighted by molar-refractivity contribution is 6.07. The van der Waals surface area contributed by atoms with Crippen LogP contribution in [0.25, 0.3) is 0 Å². The second kappa shape index (κ2) is 2.01. The van der Waals surface area contributed by atoms with Crippen LogP contribution < -0.4 is 5.32 Å². The van der Waals surface area contributed by atoms with Gasteiger partial charge in [-0.3, -0.25) is 14.9 Å². The van der Waals surface area contributed by atoms with Crippen molar-refractivity contribution in [3.63, 3.8) is 0 Å². The Labute approximate surface area is 52.7 Å². The zero-order valence-electron chi connectivity index (χ0n) is 5.10. The maximum Gasteiger partial charge on any atom is 0.253 e. The molecule has 1 heterocycles. The minimum absolute atomic E-state index is 0.217. The molecule has 2 amide bonds. The van der Waals surface area contributed by atoms with Crippen molar-refractivity contribution in [2.24, 2.45) is 0 Å². The Bertz CT molecular complexity index is 193. The summed E-state index contributed by atoms with van der Waals surface area (Å²) in [5, 5.41) is 2.18. The molecule has 0 aromatic heterocycles. The summed E-state index contributed by atoms with van der Waals surface area (Å²) in [6, 6.07) is 0. The molecule has 0 fully saturated rings. The second-order valence-electron chi connectivity index (χ2n) is 1.97. The number of hydrogen-bond donors (Lipinski definition) is 1. The molecular weight excluding hydrogens is 118 g/mol. The van der Waals surface area contributed by atoms with Crippen LogP contribution in [-0.4, -0.2) is 11.8 Å². The van der Waals surface area contributed by atoms with E-state index >= 15 is 0 Å². The van der Waals surface area contributed by atoms with E-state index in [0.29, 0.717) is 12.0 Å². The van der Waals surface area contributed by atoms with Crippen molar-refractivity contribution in [1.29, 1.82) is 0 Å². The van der Waals surface area contributed by atoms with Crippen LogP contribution in [0.2, 0.25) is 0 Å². The van der Waals surface area contributed by atoms with Crippen molar-refractivity contribution in [3.8, 4) is 0 Å². The topological polar surface area (TPSA) is 46.2 Å². The van der Waals surface area contributed by atoms with E-state index in [1.807, 2.05) is 0 Å². The predicted octanol–water partition coefficient (Wildman–Crippen LogP) is -0.0208. The van der Waals surface area contributed by atoms with E-state index < -0.39 is 0 Å². The fourth-order valence-electron chi connectivity index (χ4n) is 0.615. The fourth-order valence-corrected chi connectivity index (χ4v) is 0.615. The summed E-state index contributed by atoms with van der Waals surface area (Å²) in [4.78, 5) is 21.0. The fraction of sp³-hybridized carbons (Fsp3) is 0.333. The highest BCUT2D eigenvalue weighted by Crippen LogP contribution is 2.00. The predicted molar refractivity (Wildman–Crippen MR) is 31.5 cm³/mol. The van der Waals surface area contributed by atoms with Crippen molar-refractivity contribution in [3.05, 3.63) is 11.6 Å². The van der Waals surface area contributed by atoms with E-state index in [2.05, 4.69) is 5.32 Å². The average Bonchev–Trinajstić information content (AvgIpc) is 1.80. The Morgan fingerprint density at radius 1 is 1.56 bits per heavy atom. The maximum atomic E-state index is 10.6. The van der Waals surface area contributed by atoms with Crippen molar-refractivity contribution in [2.45, 2.75) is 13.3 Å². The van der Waals surface area contributed by atoms with Gasteiger partial charge in [-0.1, -0.05) is 6.08 Å². The van der Waals surface area contributed by atoms with Crippen LogP contribution in [0.4, 0.5) is 0 Å². The molecule has 0 aromatic rings. The van der Waals surface area contributed by atoms with Gasteiger partial charge in [0.1, 0.15) is 0 Å². The second-order valence-corrected chi connectivity index (χ2v) is 1.97. The van der Waals surface area contributed by atoms with Crippen molar-refractivity contribution >= 4 is 11.8 Å². The minimum atomic E-state index is -0.272. The molecule has 0 saturated carbocycles. The summed E-state index contributed by atoms with van der Waals surface area (Å²) >= 11 is 0. The van der Waals surface area contributed by atoms with Gasteiger partial charge in [0.05, 0.1) is 0 Å². The molecule has 9 heavy (non-hydrogen) atoms. The van der Waals surface area contributed by atoms with Gasteiger partial charge < -0.3 is 0 Å². The lowest BCUT2D eigenvalue weighted by molar-refractivity contribution is -0.128. The largest absolute Gasteiger partial charge is 0.292 e. The molecule has 0 aliphatic carbocycles. The third-order valence-electron chi connectivity index (χ3n) is 1.20. The van der Waals surface area contributed by atoms with Crippen LogP contribution in [0.1, 0.15) is 13.3 Å². The first kappa shape index (κ1) is 6.01. The number of carbonyl (C=O) groups excluding carboxylic acids is 2. The molecule has 48 valence electrons. The van der Waals surface area contributed by atoms with E-state index in [0.717, 1.165) is 0 Å². The van der Waals surface area contributed by atoms with Crippen LogP contribution in [0, 0.1) is 0 Å². The number of nitrogens with one attached hydrogen (secondary N) is 1. The summed E-state index contributed by atoms with van der Waals surface area (Å²) in [7, 11) is 0. The lowest BCUT2D eigenvalue weighted by atomic mass is 10.1. The molecule has 0 spiro atoms. The van der Waals surface area contributed by atoms with Crippen LogP contribution in [0.3, 0.4) is 0 Å². The van der Waals surface area contributed by atoms with E-state index in [1.165, 1.54) is 0 Å². The van der Waals surface area contributed by atoms with E-state index in [9.17, 15) is 9.59 Å². The van der Waals surface area contributed by atoms with Gasteiger partial charge in [0.25, 0.3) is 5.91 Å². The maximum absolute atomic E-state index is 10.6. The molecule has 0 unspecified atom stereocenters. The first-order chi connectivity index (χ1) is 4.20. The summed E-state index contributed by atoms with van der Waals surface area (Å²) in [6.07, 6.45) is 1.96. The zero-order valence-corrected chi connectivity index (χ0v) is 5.10. The van der Waals surface area contributed by atoms with Gasteiger partial charge in [0, 0.05) is 12.0 Å². The molecule has 1 aliphatic rings. The van der Waals surface area contributed by atoms with Gasteiger partial charge >= 0.3 is 0 Å². The van der Waals surface area contributed by atoms with Crippen molar-refractivity contribution in [2.75, 3.05) is 0 Å². The number of carbonyl (C=O) groups is 2. The van der Waals surface area contributed by atoms with Gasteiger partial charge in [-0.15, -0.1) is 0 Å². The lowest BCUT2D eigenvalue weighted by Gasteiger charge is -2.07. The first-order valence-corrected chi connectivity index (χ1v) is 2.71. The third-order valence-corrected chi connectivity index (χ3v) is 1.20. The SMILES string of the molecule is CC1=CCC(=O)NC1=O. The average molecular weight is 125 g/mol. The standard InChI is InChI=1S/C6H7NO2/c1-4-2-3-5(8)7-6(4)9/h2H,3H2,1H3,(H,7,8,9). The molecular formula is C6H7NO2. The number of imide groups is 1. The first-order valence-electron chi connectivity index (χ1n) is 2.71.